The lowest BCUT2D eigenvalue weighted by Gasteiger charge is -2.22. The highest BCUT2D eigenvalue weighted by Crippen LogP contribution is 2.27. The van der Waals surface area contributed by atoms with Crippen LogP contribution in [0.2, 0.25) is 0 Å². The minimum Gasteiger partial charge on any atom is -0.267 e. The maximum atomic E-state index is 12.9. The quantitative estimate of drug-likeness (QED) is 0.742. The molecule has 0 amide bonds. The fraction of sp³-hybridized carbons (Fsp3) is 0.143. The number of anilines is 1. The van der Waals surface area contributed by atoms with Crippen LogP contribution in [0.15, 0.2) is 53.4 Å². The van der Waals surface area contributed by atoms with Gasteiger partial charge in [-0.3, -0.25) is 4.31 Å². The number of hydrogen-bond acceptors (Lipinski definition) is 5. The van der Waals surface area contributed by atoms with Crippen LogP contribution in [0.4, 0.5) is 5.69 Å². The zero-order valence-electron chi connectivity index (χ0n) is 11.3. The van der Waals surface area contributed by atoms with Gasteiger partial charge in [0, 0.05) is 6.54 Å². The molecule has 2 aromatic carbocycles. The molecule has 0 saturated heterocycles. The topological polar surface area (TPSA) is 63.2 Å². The number of fused-ring (bicyclic) bond motifs is 1. The van der Waals surface area contributed by atoms with Gasteiger partial charge in [0.2, 0.25) is 0 Å². The number of nitrogens with zero attached hydrogens (tertiary/aromatic N) is 3. The number of rotatable bonds is 4. The van der Waals surface area contributed by atoms with Crippen LogP contribution in [0, 0.1) is 0 Å². The molecule has 0 spiro atoms. The summed E-state index contributed by atoms with van der Waals surface area (Å²) < 4.78 is 35.5. The maximum absolute atomic E-state index is 12.9. The Morgan fingerprint density at radius 1 is 1.05 bits per heavy atom. The molecule has 5 nitrogen and oxygen atoms in total. The molecule has 0 N–H and O–H groups in total. The summed E-state index contributed by atoms with van der Waals surface area (Å²) in [6.07, 6.45) is 0. The van der Waals surface area contributed by atoms with E-state index < -0.39 is 10.0 Å². The van der Waals surface area contributed by atoms with Gasteiger partial charge in [0.05, 0.1) is 17.4 Å². The van der Waals surface area contributed by atoms with Crippen LogP contribution in [0.3, 0.4) is 0 Å². The number of sulfonamides is 1. The highest BCUT2D eigenvalue weighted by molar-refractivity contribution is 7.93. The van der Waals surface area contributed by atoms with Gasteiger partial charge in [-0.1, -0.05) is 24.3 Å². The summed E-state index contributed by atoms with van der Waals surface area (Å²) >= 11 is 1.02. The first-order valence-corrected chi connectivity index (χ1v) is 8.60. The van der Waals surface area contributed by atoms with E-state index in [1.165, 1.54) is 4.31 Å². The van der Waals surface area contributed by atoms with Crippen LogP contribution in [0.25, 0.3) is 11.0 Å². The molecule has 0 saturated carbocycles. The Labute approximate surface area is 127 Å². The molecular formula is C14H13N3O2S2. The van der Waals surface area contributed by atoms with E-state index in [4.69, 9.17) is 0 Å². The average Bonchev–Trinajstić information content (AvgIpc) is 2.97. The van der Waals surface area contributed by atoms with Gasteiger partial charge in [-0.2, -0.15) is 8.75 Å². The number of benzene rings is 2. The van der Waals surface area contributed by atoms with Gasteiger partial charge >= 0.3 is 0 Å². The van der Waals surface area contributed by atoms with E-state index in [1.807, 2.05) is 25.1 Å². The molecule has 1 aromatic heterocycles. The van der Waals surface area contributed by atoms with E-state index >= 15 is 0 Å². The predicted octanol–water partition coefficient (Wildman–Crippen LogP) is 2.91. The predicted molar refractivity (Wildman–Crippen MR) is 84.1 cm³/mol. The van der Waals surface area contributed by atoms with Crippen molar-refractivity contribution in [2.75, 3.05) is 10.8 Å². The Morgan fingerprint density at radius 3 is 2.52 bits per heavy atom. The van der Waals surface area contributed by atoms with Crippen molar-refractivity contribution in [3.05, 3.63) is 48.5 Å². The number of para-hydroxylation sites is 1. The first kappa shape index (κ1) is 14.0. The first-order chi connectivity index (χ1) is 10.1. The Kier molecular flexibility index (Phi) is 3.60. The molecule has 0 aliphatic rings. The summed E-state index contributed by atoms with van der Waals surface area (Å²) in [7, 11) is -3.66. The van der Waals surface area contributed by atoms with Crippen molar-refractivity contribution in [2.24, 2.45) is 0 Å². The van der Waals surface area contributed by atoms with Crippen molar-refractivity contribution in [2.45, 2.75) is 11.8 Å². The summed E-state index contributed by atoms with van der Waals surface area (Å²) in [6.45, 7) is 2.16. The van der Waals surface area contributed by atoms with Gasteiger partial charge in [-0.25, -0.2) is 8.42 Å². The minimum atomic E-state index is -3.66. The molecule has 3 aromatic rings. The second kappa shape index (κ2) is 5.42. The molecule has 0 radical (unpaired) electrons. The standard InChI is InChI=1S/C14H13N3O2S2/c1-2-17(11-7-4-3-5-8-11)21(18,19)13-10-6-9-12-14(13)16-20-15-12/h3-10H,2H2,1H3. The molecule has 0 aliphatic carbocycles. The van der Waals surface area contributed by atoms with Gasteiger partial charge in [-0.15, -0.1) is 0 Å². The number of hydrogen-bond donors (Lipinski definition) is 0. The SMILES string of the molecule is CCN(c1ccccc1)S(=O)(=O)c1cccc2nsnc12. The molecule has 0 fully saturated rings. The third-order valence-electron chi connectivity index (χ3n) is 3.15. The molecule has 0 atom stereocenters. The smallest absolute Gasteiger partial charge is 0.266 e. The van der Waals surface area contributed by atoms with E-state index in [-0.39, 0.29) is 4.90 Å². The normalized spacial score (nSPS) is 11.7. The van der Waals surface area contributed by atoms with Crippen molar-refractivity contribution >= 4 is 38.5 Å². The largest absolute Gasteiger partial charge is 0.267 e. The van der Waals surface area contributed by atoms with Gasteiger partial charge < -0.3 is 0 Å². The highest BCUT2D eigenvalue weighted by Gasteiger charge is 2.26. The molecule has 0 aliphatic heterocycles. The van der Waals surface area contributed by atoms with E-state index in [2.05, 4.69) is 8.75 Å². The van der Waals surface area contributed by atoms with Crippen molar-refractivity contribution in [3.8, 4) is 0 Å². The van der Waals surface area contributed by atoms with Crippen molar-refractivity contribution in [3.63, 3.8) is 0 Å². The summed E-state index contributed by atoms with van der Waals surface area (Å²) in [4.78, 5) is 0.194. The molecule has 21 heavy (non-hydrogen) atoms. The zero-order valence-corrected chi connectivity index (χ0v) is 12.9. The van der Waals surface area contributed by atoms with Crippen molar-refractivity contribution in [1.29, 1.82) is 0 Å². The van der Waals surface area contributed by atoms with E-state index in [9.17, 15) is 8.42 Å². The molecule has 3 rings (SSSR count). The van der Waals surface area contributed by atoms with Crippen molar-refractivity contribution < 1.29 is 8.42 Å². The zero-order chi connectivity index (χ0) is 14.9. The van der Waals surface area contributed by atoms with Crippen LogP contribution in [-0.2, 0) is 10.0 Å². The Bertz CT molecular complexity index is 860. The maximum Gasteiger partial charge on any atom is 0.266 e. The molecule has 108 valence electrons. The molecule has 0 unspecified atom stereocenters. The molecule has 0 bridgehead atoms. The van der Waals surface area contributed by atoms with E-state index in [1.54, 1.807) is 30.3 Å². The van der Waals surface area contributed by atoms with Crippen LogP contribution in [-0.4, -0.2) is 23.7 Å². The minimum absolute atomic E-state index is 0.194. The van der Waals surface area contributed by atoms with Crippen LogP contribution in [0.5, 0.6) is 0 Å². The third-order valence-corrected chi connectivity index (χ3v) is 5.63. The van der Waals surface area contributed by atoms with E-state index in [0.717, 1.165) is 11.7 Å². The van der Waals surface area contributed by atoms with Crippen LogP contribution >= 0.6 is 11.7 Å². The number of aromatic nitrogens is 2. The summed E-state index contributed by atoms with van der Waals surface area (Å²) in [6, 6.07) is 14.1. The fourth-order valence-corrected chi connectivity index (χ4v) is 4.42. The van der Waals surface area contributed by atoms with Gasteiger partial charge in [0.1, 0.15) is 15.9 Å². The monoisotopic (exact) mass is 319 g/mol. The summed E-state index contributed by atoms with van der Waals surface area (Å²) in [5, 5.41) is 0. The fourth-order valence-electron chi connectivity index (χ4n) is 2.19. The first-order valence-electron chi connectivity index (χ1n) is 6.43. The average molecular weight is 319 g/mol. The summed E-state index contributed by atoms with van der Waals surface area (Å²) in [5.74, 6) is 0. The van der Waals surface area contributed by atoms with Crippen LogP contribution < -0.4 is 4.31 Å². The molecule has 7 heteroatoms. The van der Waals surface area contributed by atoms with Gasteiger partial charge in [0.15, 0.2) is 0 Å². The second-order valence-corrected chi connectivity index (χ2v) is 6.75. The lowest BCUT2D eigenvalue weighted by Crippen LogP contribution is -2.30. The van der Waals surface area contributed by atoms with Gasteiger partial charge in [0.25, 0.3) is 10.0 Å². The third kappa shape index (κ3) is 2.38. The lowest BCUT2D eigenvalue weighted by molar-refractivity contribution is 0.592. The van der Waals surface area contributed by atoms with Gasteiger partial charge in [-0.05, 0) is 31.2 Å². The highest BCUT2D eigenvalue weighted by atomic mass is 32.2. The van der Waals surface area contributed by atoms with Crippen LogP contribution in [0.1, 0.15) is 6.92 Å². The second-order valence-electron chi connectivity index (χ2n) is 4.39. The molecular weight excluding hydrogens is 306 g/mol. The Balaban J connectivity index is 2.17. The Hall–Kier alpha value is -1.99. The van der Waals surface area contributed by atoms with E-state index in [0.29, 0.717) is 23.3 Å². The summed E-state index contributed by atoms with van der Waals surface area (Å²) in [5.41, 5.74) is 1.67. The molecule has 1 heterocycles. The Morgan fingerprint density at radius 2 is 1.81 bits per heavy atom. The van der Waals surface area contributed by atoms with Crippen molar-refractivity contribution in [1.82, 2.24) is 8.75 Å². The lowest BCUT2D eigenvalue weighted by atomic mass is 10.3.